The molecule has 1 aliphatic rings. The fraction of sp³-hybridized carbons (Fsp3) is 0.400. The molecule has 0 aromatic heterocycles. The number of ether oxygens (including phenoxy) is 1. The van der Waals surface area contributed by atoms with E-state index in [-0.39, 0.29) is 12.1 Å². The minimum atomic E-state index is 0.0172. The Morgan fingerprint density at radius 3 is 2.86 bits per heavy atom. The summed E-state index contributed by atoms with van der Waals surface area (Å²) in [6.45, 7) is 0.742. The van der Waals surface area contributed by atoms with Crippen LogP contribution in [0.25, 0.3) is 0 Å². The van der Waals surface area contributed by atoms with Gasteiger partial charge < -0.3 is 10.5 Å². The standard InChI is InChI=1S/C10H11BrClNO/c11-7-5-6(1-2-8(7)12)10-9(13)3-4-14-10/h1-2,5,9-10H,3-4,13H2. The minimum Gasteiger partial charge on any atom is -0.372 e. The second kappa shape index (κ2) is 4.19. The lowest BCUT2D eigenvalue weighted by molar-refractivity contribution is 0.105. The highest BCUT2D eigenvalue weighted by Gasteiger charge is 2.26. The summed E-state index contributed by atoms with van der Waals surface area (Å²) in [7, 11) is 0. The lowest BCUT2D eigenvalue weighted by atomic mass is 10.0. The first-order valence-corrected chi connectivity index (χ1v) is 5.67. The van der Waals surface area contributed by atoms with Gasteiger partial charge in [0, 0.05) is 17.1 Å². The van der Waals surface area contributed by atoms with E-state index >= 15 is 0 Å². The van der Waals surface area contributed by atoms with Crippen molar-refractivity contribution >= 4 is 27.5 Å². The van der Waals surface area contributed by atoms with Crippen molar-refractivity contribution in [2.24, 2.45) is 5.73 Å². The van der Waals surface area contributed by atoms with Crippen molar-refractivity contribution in [2.75, 3.05) is 6.61 Å². The number of hydrogen-bond acceptors (Lipinski definition) is 2. The maximum absolute atomic E-state index is 5.93. The average molecular weight is 277 g/mol. The van der Waals surface area contributed by atoms with Gasteiger partial charge in [-0.05, 0) is 40.0 Å². The van der Waals surface area contributed by atoms with Crippen molar-refractivity contribution in [1.82, 2.24) is 0 Å². The van der Waals surface area contributed by atoms with Crippen LogP contribution in [-0.2, 0) is 4.74 Å². The van der Waals surface area contributed by atoms with E-state index in [4.69, 9.17) is 22.1 Å². The number of halogens is 2. The van der Waals surface area contributed by atoms with E-state index < -0.39 is 0 Å². The van der Waals surface area contributed by atoms with Gasteiger partial charge in [0.05, 0.1) is 11.1 Å². The van der Waals surface area contributed by atoms with E-state index in [0.29, 0.717) is 5.02 Å². The summed E-state index contributed by atoms with van der Waals surface area (Å²) in [5.74, 6) is 0. The van der Waals surface area contributed by atoms with Crippen LogP contribution in [0.15, 0.2) is 22.7 Å². The predicted octanol–water partition coefficient (Wildman–Crippen LogP) is 2.89. The molecule has 0 saturated carbocycles. The summed E-state index contributed by atoms with van der Waals surface area (Å²) < 4.78 is 6.45. The summed E-state index contributed by atoms with van der Waals surface area (Å²) >= 11 is 9.29. The summed E-state index contributed by atoms with van der Waals surface area (Å²) in [4.78, 5) is 0. The minimum absolute atomic E-state index is 0.0172. The highest BCUT2D eigenvalue weighted by atomic mass is 79.9. The van der Waals surface area contributed by atoms with Gasteiger partial charge in [-0.2, -0.15) is 0 Å². The van der Waals surface area contributed by atoms with Gasteiger partial charge in [0.1, 0.15) is 0 Å². The fourth-order valence-corrected chi connectivity index (χ4v) is 2.15. The van der Waals surface area contributed by atoms with Gasteiger partial charge >= 0.3 is 0 Å². The van der Waals surface area contributed by atoms with Crippen LogP contribution in [0.3, 0.4) is 0 Å². The molecule has 1 fully saturated rings. The molecule has 2 rings (SSSR count). The van der Waals surface area contributed by atoms with Gasteiger partial charge in [-0.1, -0.05) is 17.7 Å². The Balaban J connectivity index is 2.28. The second-order valence-corrected chi connectivity index (χ2v) is 4.68. The molecule has 4 heteroatoms. The molecule has 2 N–H and O–H groups in total. The lowest BCUT2D eigenvalue weighted by Gasteiger charge is -2.15. The average Bonchev–Trinajstić information content (AvgIpc) is 2.57. The van der Waals surface area contributed by atoms with Crippen molar-refractivity contribution in [2.45, 2.75) is 18.6 Å². The van der Waals surface area contributed by atoms with Crippen LogP contribution in [0.2, 0.25) is 5.02 Å². The van der Waals surface area contributed by atoms with Crippen molar-refractivity contribution in [3.05, 3.63) is 33.3 Å². The third kappa shape index (κ3) is 1.96. The molecule has 2 unspecified atom stereocenters. The molecule has 0 radical (unpaired) electrons. The first-order valence-electron chi connectivity index (χ1n) is 4.50. The molecule has 14 heavy (non-hydrogen) atoms. The Bertz CT molecular complexity index is 345. The molecule has 1 saturated heterocycles. The van der Waals surface area contributed by atoms with Crippen molar-refractivity contribution in [3.63, 3.8) is 0 Å². The number of benzene rings is 1. The summed E-state index contributed by atoms with van der Waals surface area (Å²) in [5.41, 5.74) is 7.01. The van der Waals surface area contributed by atoms with Crippen molar-refractivity contribution in [1.29, 1.82) is 0 Å². The molecule has 1 aromatic carbocycles. The largest absolute Gasteiger partial charge is 0.372 e. The lowest BCUT2D eigenvalue weighted by Crippen LogP contribution is -2.23. The van der Waals surface area contributed by atoms with Crippen LogP contribution < -0.4 is 5.73 Å². The quantitative estimate of drug-likeness (QED) is 0.856. The van der Waals surface area contributed by atoms with E-state index in [1.165, 1.54) is 0 Å². The second-order valence-electron chi connectivity index (χ2n) is 3.42. The Morgan fingerprint density at radius 2 is 2.29 bits per heavy atom. The SMILES string of the molecule is NC1CCOC1c1ccc(Cl)c(Br)c1. The number of hydrogen-bond donors (Lipinski definition) is 1. The topological polar surface area (TPSA) is 35.2 Å². The first kappa shape index (κ1) is 10.4. The van der Waals surface area contributed by atoms with Gasteiger partial charge in [0.25, 0.3) is 0 Å². The molecule has 2 nitrogen and oxygen atoms in total. The van der Waals surface area contributed by atoms with Crippen LogP contribution >= 0.6 is 27.5 Å². The van der Waals surface area contributed by atoms with E-state index in [9.17, 15) is 0 Å². The Kier molecular flexibility index (Phi) is 3.12. The molecule has 1 aliphatic heterocycles. The van der Waals surface area contributed by atoms with Gasteiger partial charge in [-0.3, -0.25) is 0 Å². The van der Waals surface area contributed by atoms with E-state index in [2.05, 4.69) is 15.9 Å². The molecule has 76 valence electrons. The summed E-state index contributed by atoms with van der Waals surface area (Å²) in [6, 6.07) is 5.89. The molecule has 0 aliphatic carbocycles. The van der Waals surface area contributed by atoms with Gasteiger partial charge in [0.2, 0.25) is 0 Å². The zero-order chi connectivity index (χ0) is 10.1. The van der Waals surface area contributed by atoms with Crippen molar-refractivity contribution in [3.8, 4) is 0 Å². The van der Waals surface area contributed by atoms with Gasteiger partial charge in [-0.25, -0.2) is 0 Å². The molecular weight excluding hydrogens is 265 g/mol. The molecule has 2 atom stereocenters. The van der Waals surface area contributed by atoms with Gasteiger partial charge in [0.15, 0.2) is 0 Å². The maximum atomic E-state index is 5.93. The fourth-order valence-electron chi connectivity index (χ4n) is 1.64. The first-order chi connectivity index (χ1) is 6.68. The molecule has 1 heterocycles. The van der Waals surface area contributed by atoms with Crippen LogP contribution in [0.5, 0.6) is 0 Å². The van der Waals surface area contributed by atoms with Gasteiger partial charge in [-0.15, -0.1) is 0 Å². The highest BCUT2D eigenvalue weighted by Crippen LogP contribution is 2.32. The molecular formula is C10H11BrClNO. The monoisotopic (exact) mass is 275 g/mol. The number of rotatable bonds is 1. The molecule has 1 aromatic rings. The highest BCUT2D eigenvalue weighted by molar-refractivity contribution is 9.10. The molecule has 0 amide bonds. The van der Waals surface area contributed by atoms with Crippen LogP contribution in [0.1, 0.15) is 18.1 Å². The third-order valence-electron chi connectivity index (χ3n) is 2.41. The normalized spacial score (nSPS) is 26.8. The van der Waals surface area contributed by atoms with E-state index in [0.717, 1.165) is 23.1 Å². The Morgan fingerprint density at radius 1 is 1.50 bits per heavy atom. The molecule has 0 spiro atoms. The smallest absolute Gasteiger partial charge is 0.0976 e. The predicted molar refractivity (Wildman–Crippen MR) is 60.4 cm³/mol. The van der Waals surface area contributed by atoms with E-state index in [1.807, 2.05) is 18.2 Å². The summed E-state index contributed by atoms with van der Waals surface area (Å²) in [6.07, 6.45) is 0.939. The number of nitrogens with two attached hydrogens (primary N) is 1. The van der Waals surface area contributed by atoms with Crippen LogP contribution in [0.4, 0.5) is 0 Å². The van der Waals surface area contributed by atoms with E-state index in [1.54, 1.807) is 0 Å². The molecule has 0 bridgehead atoms. The third-order valence-corrected chi connectivity index (χ3v) is 3.62. The van der Waals surface area contributed by atoms with Crippen LogP contribution in [0, 0.1) is 0 Å². The maximum Gasteiger partial charge on any atom is 0.0976 e. The Hall–Kier alpha value is -0.0900. The zero-order valence-corrected chi connectivity index (χ0v) is 9.88. The van der Waals surface area contributed by atoms with Crippen molar-refractivity contribution < 1.29 is 4.74 Å². The zero-order valence-electron chi connectivity index (χ0n) is 7.54. The summed E-state index contributed by atoms with van der Waals surface area (Å²) in [5, 5.41) is 0.709. The Labute approximate surface area is 96.5 Å². The van der Waals surface area contributed by atoms with Crippen LogP contribution in [-0.4, -0.2) is 12.6 Å².